The topological polar surface area (TPSA) is 26.3 Å². The first-order valence-electron chi connectivity index (χ1n) is 6.69. The first kappa shape index (κ1) is 15.2. The van der Waals surface area contributed by atoms with Crippen LogP contribution in [-0.4, -0.2) is 12.6 Å². The molecule has 0 fully saturated rings. The normalized spacial score (nSPS) is 13.5. The van der Waals surface area contributed by atoms with Gasteiger partial charge in [-0.25, -0.2) is 4.79 Å². The van der Waals surface area contributed by atoms with E-state index in [4.69, 9.17) is 4.74 Å². The number of ether oxygens (including phenoxy) is 1. The molecule has 2 nitrogen and oxygen atoms in total. The quantitative estimate of drug-likeness (QED) is 0.439. The summed E-state index contributed by atoms with van der Waals surface area (Å²) in [6.45, 7) is 6.39. The molecule has 19 heavy (non-hydrogen) atoms. The van der Waals surface area contributed by atoms with Crippen LogP contribution in [0.25, 0.3) is 0 Å². The van der Waals surface area contributed by atoms with Gasteiger partial charge in [-0.3, -0.25) is 0 Å². The van der Waals surface area contributed by atoms with Crippen molar-refractivity contribution in [2.24, 2.45) is 5.92 Å². The third kappa shape index (κ3) is 6.61. The minimum atomic E-state index is -0.286. The highest BCUT2D eigenvalue weighted by atomic mass is 16.5. The van der Waals surface area contributed by atoms with Crippen LogP contribution in [0.2, 0.25) is 0 Å². The Bertz CT molecular complexity index is 444. The molecular weight excluding hydrogens is 236 g/mol. The maximum atomic E-state index is 11.2. The summed E-state index contributed by atoms with van der Waals surface area (Å²) in [6.07, 6.45) is 6.46. The predicted octanol–water partition coefficient (Wildman–Crippen LogP) is 3.93. The van der Waals surface area contributed by atoms with E-state index < -0.39 is 0 Å². The Morgan fingerprint density at radius 1 is 1.26 bits per heavy atom. The Labute approximate surface area is 115 Å². The number of allylic oxidation sites excluding steroid dienone is 3. The lowest BCUT2D eigenvalue weighted by molar-refractivity contribution is -0.137. The van der Waals surface area contributed by atoms with Crippen LogP contribution in [0.15, 0.2) is 54.1 Å². The van der Waals surface area contributed by atoms with Crippen molar-refractivity contribution < 1.29 is 9.53 Å². The zero-order valence-electron chi connectivity index (χ0n) is 11.9. The van der Waals surface area contributed by atoms with Crippen LogP contribution in [0.4, 0.5) is 0 Å². The lowest BCUT2D eigenvalue weighted by Gasteiger charge is -2.07. The molecule has 0 spiro atoms. The third-order valence-electron chi connectivity index (χ3n) is 2.72. The van der Waals surface area contributed by atoms with Gasteiger partial charge in [0.2, 0.25) is 0 Å². The number of hydrogen-bond donors (Lipinski definition) is 0. The second-order valence-electron chi connectivity index (χ2n) is 4.66. The molecule has 0 saturated carbocycles. The summed E-state index contributed by atoms with van der Waals surface area (Å²) >= 11 is 0. The second-order valence-corrected chi connectivity index (χ2v) is 4.66. The number of rotatable bonds is 6. The number of benzene rings is 1. The zero-order valence-corrected chi connectivity index (χ0v) is 11.9. The van der Waals surface area contributed by atoms with Gasteiger partial charge >= 0.3 is 5.97 Å². The van der Waals surface area contributed by atoms with Crippen molar-refractivity contribution in [3.8, 4) is 0 Å². The summed E-state index contributed by atoms with van der Waals surface area (Å²) in [4.78, 5) is 11.2. The van der Waals surface area contributed by atoms with E-state index >= 15 is 0 Å². The van der Waals surface area contributed by atoms with E-state index in [2.05, 4.69) is 37.3 Å². The molecule has 1 unspecified atom stereocenters. The minimum absolute atomic E-state index is 0.286. The summed E-state index contributed by atoms with van der Waals surface area (Å²) in [5.41, 5.74) is 2.41. The van der Waals surface area contributed by atoms with Crippen molar-refractivity contribution in [2.75, 3.05) is 6.61 Å². The Morgan fingerprint density at radius 2 is 1.95 bits per heavy atom. The van der Waals surface area contributed by atoms with Crippen LogP contribution >= 0.6 is 0 Å². The monoisotopic (exact) mass is 258 g/mol. The SMILES string of the molecule is CCOC(=O)C=CC(C)=CC(C)Cc1ccccc1. The molecule has 0 heterocycles. The first-order valence-corrected chi connectivity index (χ1v) is 6.69. The van der Waals surface area contributed by atoms with Gasteiger partial charge < -0.3 is 4.74 Å². The van der Waals surface area contributed by atoms with Gasteiger partial charge in [-0.1, -0.05) is 55.0 Å². The highest BCUT2D eigenvalue weighted by Crippen LogP contribution is 2.12. The third-order valence-corrected chi connectivity index (χ3v) is 2.72. The molecule has 1 aromatic rings. The van der Waals surface area contributed by atoms with Crippen LogP contribution in [0.1, 0.15) is 26.3 Å². The molecule has 102 valence electrons. The van der Waals surface area contributed by atoms with Crippen LogP contribution in [0, 0.1) is 5.92 Å². The lowest BCUT2D eigenvalue weighted by atomic mass is 9.99. The van der Waals surface area contributed by atoms with E-state index in [9.17, 15) is 4.79 Å². The maximum absolute atomic E-state index is 11.2. The number of esters is 1. The van der Waals surface area contributed by atoms with Gasteiger partial charge in [-0.05, 0) is 31.7 Å². The fraction of sp³-hybridized carbons (Fsp3) is 0.353. The Kier molecular flexibility index (Phi) is 6.65. The summed E-state index contributed by atoms with van der Waals surface area (Å²) < 4.78 is 4.84. The summed E-state index contributed by atoms with van der Waals surface area (Å²) in [5, 5.41) is 0. The van der Waals surface area contributed by atoms with Gasteiger partial charge in [0.05, 0.1) is 6.61 Å². The van der Waals surface area contributed by atoms with E-state index in [0.717, 1.165) is 12.0 Å². The molecule has 0 saturated heterocycles. The molecule has 0 N–H and O–H groups in total. The van der Waals surface area contributed by atoms with Gasteiger partial charge in [-0.15, -0.1) is 0 Å². The maximum Gasteiger partial charge on any atom is 0.330 e. The molecule has 1 rings (SSSR count). The number of carbonyl (C=O) groups is 1. The van der Waals surface area contributed by atoms with E-state index in [1.807, 2.05) is 13.0 Å². The average Bonchev–Trinajstić information content (AvgIpc) is 2.38. The van der Waals surface area contributed by atoms with E-state index in [0.29, 0.717) is 12.5 Å². The standard InChI is InChI=1S/C17H22O2/c1-4-19-17(18)11-10-14(2)12-15(3)13-16-8-6-5-7-9-16/h5-12,15H,4,13H2,1-3H3. The van der Waals surface area contributed by atoms with E-state index in [1.165, 1.54) is 11.6 Å². The largest absolute Gasteiger partial charge is 0.463 e. The fourth-order valence-corrected chi connectivity index (χ4v) is 1.94. The smallest absolute Gasteiger partial charge is 0.330 e. The zero-order chi connectivity index (χ0) is 14.1. The van der Waals surface area contributed by atoms with Crippen LogP contribution in [-0.2, 0) is 16.0 Å². The van der Waals surface area contributed by atoms with Crippen LogP contribution in [0.3, 0.4) is 0 Å². The Hall–Kier alpha value is -1.83. The highest BCUT2D eigenvalue weighted by Gasteiger charge is 2.00. The van der Waals surface area contributed by atoms with Gasteiger partial charge in [-0.2, -0.15) is 0 Å². The molecule has 0 radical (unpaired) electrons. The van der Waals surface area contributed by atoms with Gasteiger partial charge in [0.1, 0.15) is 0 Å². The van der Waals surface area contributed by atoms with Gasteiger partial charge in [0.15, 0.2) is 0 Å². The van der Waals surface area contributed by atoms with Crippen molar-refractivity contribution in [1.29, 1.82) is 0 Å². The Morgan fingerprint density at radius 3 is 2.58 bits per heavy atom. The van der Waals surface area contributed by atoms with Crippen molar-refractivity contribution in [2.45, 2.75) is 27.2 Å². The summed E-state index contributed by atoms with van der Waals surface area (Å²) in [6, 6.07) is 10.4. The number of carbonyl (C=O) groups excluding carboxylic acids is 1. The fourth-order valence-electron chi connectivity index (χ4n) is 1.94. The van der Waals surface area contributed by atoms with Gasteiger partial charge in [0.25, 0.3) is 0 Å². The van der Waals surface area contributed by atoms with Crippen molar-refractivity contribution in [3.05, 3.63) is 59.7 Å². The van der Waals surface area contributed by atoms with E-state index in [-0.39, 0.29) is 5.97 Å². The molecule has 0 aliphatic carbocycles. The first-order chi connectivity index (χ1) is 9.11. The predicted molar refractivity (Wildman–Crippen MR) is 78.8 cm³/mol. The molecule has 0 amide bonds. The van der Waals surface area contributed by atoms with Crippen LogP contribution < -0.4 is 0 Å². The van der Waals surface area contributed by atoms with E-state index in [1.54, 1.807) is 13.0 Å². The number of hydrogen-bond acceptors (Lipinski definition) is 2. The molecule has 1 aromatic carbocycles. The molecule has 2 heteroatoms. The average molecular weight is 258 g/mol. The van der Waals surface area contributed by atoms with Crippen molar-refractivity contribution in [3.63, 3.8) is 0 Å². The molecular formula is C17H22O2. The van der Waals surface area contributed by atoms with Crippen molar-refractivity contribution in [1.82, 2.24) is 0 Å². The highest BCUT2D eigenvalue weighted by molar-refractivity contribution is 5.82. The van der Waals surface area contributed by atoms with Gasteiger partial charge in [0, 0.05) is 6.08 Å². The summed E-state index contributed by atoms with van der Waals surface area (Å²) in [7, 11) is 0. The lowest BCUT2D eigenvalue weighted by Crippen LogP contribution is -1.99. The molecule has 0 aromatic heterocycles. The molecule has 0 bridgehead atoms. The van der Waals surface area contributed by atoms with Crippen molar-refractivity contribution >= 4 is 5.97 Å². The molecule has 0 aliphatic heterocycles. The second kappa shape index (κ2) is 8.30. The molecule has 0 aliphatic rings. The Balaban J connectivity index is 2.51. The minimum Gasteiger partial charge on any atom is -0.463 e. The molecule has 1 atom stereocenters. The van der Waals surface area contributed by atoms with Crippen LogP contribution in [0.5, 0.6) is 0 Å². The summed E-state index contributed by atoms with van der Waals surface area (Å²) in [5.74, 6) is 0.153.